The third-order valence-corrected chi connectivity index (χ3v) is 8.57. The van der Waals surface area contributed by atoms with Crippen molar-refractivity contribution in [2.75, 3.05) is 0 Å². The molecule has 2 heteroatoms. The van der Waals surface area contributed by atoms with Crippen LogP contribution in [0.1, 0.15) is 199 Å². The van der Waals surface area contributed by atoms with Gasteiger partial charge in [-0.2, -0.15) is 0 Å². The Hall–Kier alpha value is -0.890. The summed E-state index contributed by atoms with van der Waals surface area (Å²) in [6, 6.07) is 6.82. The molecule has 1 aromatic rings. The van der Waals surface area contributed by atoms with E-state index >= 15 is 0 Å². The van der Waals surface area contributed by atoms with E-state index in [0.29, 0.717) is 0 Å². The zero-order chi connectivity index (χ0) is 27.2. The minimum Gasteiger partial charge on any atom is -0.412 e. The van der Waals surface area contributed by atoms with E-state index in [4.69, 9.17) is 0 Å². The van der Waals surface area contributed by atoms with Gasteiger partial charge in [0.15, 0.2) is 11.9 Å². The summed E-state index contributed by atoms with van der Waals surface area (Å²) in [7, 11) is 0. The van der Waals surface area contributed by atoms with Gasteiger partial charge in [0.25, 0.3) is 0 Å². The molecule has 0 aliphatic heterocycles. The van der Waals surface area contributed by atoms with Crippen LogP contribution in [0.4, 0.5) is 0 Å². The van der Waals surface area contributed by atoms with Gasteiger partial charge in [-0.05, 0) is 12.8 Å². The summed E-state index contributed by atoms with van der Waals surface area (Å²) in [4.78, 5) is 0. The van der Waals surface area contributed by atoms with Gasteiger partial charge in [-0.1, -0.05) is 180 Å². The first-order valence-electron chi connectivity index (χ1n) is 17.9. The molecule has 230 valence electrons. The minimum atomic E-state index is 0. The lowest BCUT2D eigenvalue weighted by Crippen LogP contribution is -2.37. The Balaban J connectivity index is 0.0000144. The van der Waals surface area contributed by atoms with Gasteiger partial charge in [-0.15, -0.1) is 0 Å². The second-order valence-electron chi connectivity index (χ2n) is 12.3. The molecule has 0 saturated carbocycles. The van der Waals surface area contributed by atoms with Crippen molar-refractivity contribution in [3.63, 3.8) is 0 Å². The molecule has 0 unspecified atom stereocenters. The van der Waals surface area contributed by atoms with Gasteiger partial charge in [0.05, 0.1) is 0 Å². The number of unbranched alkanes of at least 4 members (excludes halogenated alkanes) is 26. The monoisotopic (exact) mass is 547 g/mol. The highest BCUT2D eigenvalue weighted by atomic mass is 16.0. The van der Waals surface area contributed by atoms with Crippen molar-refractivity contribution in [1.82, 2.24) is 0 Å². The Morgan fingerprint density at radius 2 is 0.744 bits per heavy atom. The molecular weight excluding hydrogens is 474 g/mol. The van der Waals surface area contributed by atoms with Crippen LogP contribution in [0.2, 0.25) is 0 Å². The number of rotatable bonds is 30. The number of pyridine rings is 1. The molecule has 0 amide bonds. The molecule has 1 rings (SSSR count). The fourth-order valence-electron chi connectivity index (χ4n) is 5.93. The highest BCUT2D eigenvalue weighted by molar-refractivity contribution is 4.97. The lowest BCUT2D eigenvalue weighted by molar-refractivity contribution is -0.704. The fraction of sp³-hybridized carbons (Fsp3) is 0.865. The highest BCUT2D eigenvalue weighted by Crippen LogP contribution is 2.15. The van der Waals surface area contributed by atoms with Gasteiger partial charge in [-0.25, -0.2) is 4.57 Å². The van der Waals surface area contributed by atoms with Crippen LogP contribution in [0, 0.1) is 0 Å². The molecule has 0 atom stereocenters. The maximum atomic E-state index is 2.54. The Morgan fingerprint density at radius 3 is 1.13 bits per heavy atom. The molecule has 0 bridgehead atoms. The maximum absolute atomic E-state index is 2.54. The first kappa shape index (κ1) is 38.1. The van der Waals surface area contributed by atoms with Crippen LogP contribution in [0.25, 0.3) is 0 Å². The smallest absolute Gasteiger partial charge is 0.181 e. The van der Waals surface area contributed by atoms with Crippen LogP contribution in [-0.4, -0.2) is 5.48 Å². The van der Waals surface area contributed by atoms with Gasteiger partial charge in [0.2, 0.25) is 0 Å². The van der Waals surface area contributed by atoms with Crippen LogP contribution in [0.5, 0.6) is 0 Å². The average Bonchev–Trinajstić information content (AvgIpc) is 2.94. The van der Waals surface area contributed by atoms with Crippen molar-refractivity contribution >= 4 is 0 Å². The second kappa shape index (κ2) is 31.6. The number of hydrogen-bond acceptors (Lipinski definition) is 0. The molecule has 0 aliphatic rings. The molecule has 0 saturated heterocycles. The van der Waals surface area contributed by atoms with E-state index in [-0.39, 0.29) is 5.48 Å². The third-order valence-electron chi connectivity index (χ3n) is 8.57. The summed E-state index contributed by atoms with van der Waals surface area (Å²) < 4.78 is 2.54. The van der Waals surface area contributed by atoms with Crippen LogP contribution >= 0.6 is 0 Å². The number of nitrogens with zero attached hydrogens (tertiary/aromatic N) is 1. The lowest BCUT2D eigenvalue weighted by atomic mass is 10.0. The SMILES string of the molecule is CCCCCCCCCCCCCCCCc1cccc[n+]1CCCCCCCCCCCCCCCC.O. The van der Waals surface area contributed by atoms with Crippen molar-refractivity contribution in [2.45, 2.75) is 207 Å². The zero-order valence-corrected chi connectivity index (χ0v) is 27.0. The van der Waals surface area contributed by atoms with Crippen molar-refractivity contribution in [1.29, 1.82) is 0 Å². The normalized spacial score (nSPS) is 11.1. The molecule has 2 N–H and O–H groups in total. The molecule has 39 heavy (non-hydrogen) atoms. The van der Waals surface area contributed by atoms with E-state index in [9.17, 15) is 0 Å². The van der Waals surface area contributed by atoms with Crippen molar-refractivity contribution in [3.8, 4) is 0 Å². The predicted octanol–water partition coefficient (Wildman–Crippen LogP) is 11.7. The van der Waals surface area contributed by atoms with Crippen LogP contribution in [0.3, 0.4) is 0 Å². The summed E-state index contributed by atoms with van der Waals surface area (Å²) in [5.74, 6) is 0. The van der Waals surface area contributed by atoms with Gasteiger partial charge in [0.1, 0.15) is 6.54 Å². The van der Waals surface area contributed by atoms with E-state index in [0.717, 1.165) is 0 Å². The number of aryl methyl sites for hydroxylation is 2. The van der Waals surface area contributed by atoms with Crippen molar-refractivity contribution in [2.24, 2.45) is 0 Å². The maximum Gasteiger partial charge on any atom is 0.181 e. The van der Waals surface area contributed by atoms with E-state index in [1.165, 1.54) is 193 Å². The molecule has 0 radical (unpaired) electrons. The van der Waals surface area contributed by atoms with E-state index in [1.54, 1.807) is 5.69 Å². The zero-order valence-electron chi connectivity index (χ0n) is 27.0. The Kier molecular flexibility index (Phi) is 30.9. The summed E-state index contributed by atoms with van der Waals surface area (Å²) >= 11 is 0. The second-order valence-corrected chi connectivity index (χ2v) is 12.3. The van der Waals surface area contributed by atoms with E-state index < -0.39 is 0 Å². The quantitative estimate of drug-likeness (QED) is 0.0679. The lowest BCUT2D eigenvalue weighted by Gasteiger charge is -2.06. The fourth-order valence-corrected chi connectivity index (χ4v) is 5.93. The Bertz CT molecular complexity index is 536. The predicted molar refractivity (Wildman–Crippen MR) is 175 cm³/mol. The van der Waals surface area contributed by atoms with Crippen molar-refractivity contribution in [3.05, 3.63) is 30.1 Å². The summed E-state index contributed by atoms with van der Waals surface area (Å²) in [6.45, 7) is 5.83. The van der Waals surface area contributed by atoms with Crippen LogP contribution in [0.15, 0.2) is 24.4 Å². The standard InChI is InChI=1S/C37H70N.H2O/c1-3-5-7-9-11-13-15-17-19-21-23-25-27-29-33-37-34-30-32-36-38(37)35-31-28-26-24-22-20-18-16-14-12-10-8-6-4-2;/h30,32,34,36H,3-29,31,33,35H2,1-2H3;1H2/q+1;. The Morgan fingerprint density at radius 1 is 0.410 bits per heavy atom. The van der Waals surface area contributed by atoms with Crippen LogP contribution < -0.4 is 4.57 Å². The minimum absolute atomic E-state index is 0. The van der Waals surface area contributed by atoms with E-state index in [2.05, 4.69) is 42.8 Å². The van der Waals surface area contributed by atoms with Crippen LogP contribution in [-0.2, 0) is 13.0 Å². The average molecular weight is 547 g/mol. The Labute approximate surface area is 246 Å². The molecule has 1 aromatic heterocycles. The summed E-state index contributed by atoms with van der Waals surface area (Å²) in [5, 5.41) is 0. The first-order valence-corrected chi connectivity index (χ1v) is 17.9. The summed E-state index contributed by atoms with van der Waals surface area (Å²) in [6.07, 6.45) is 43.9. The molecule has 0 spiro atoms. The molecule has 0 fully saturated rings. The topological polar surface area (TPSA) is 35.4 Å². The summed E-state index contributed by atoms with van der Waals surface area (Å²) in [5.41, 5.74) is 1.56. The number of aromatic nitrogens is 1. The van der Waals surface area contributed by atoms with E-state index in [1.807, 2.05) is 0 Å². The number of hydrogen-bond donors (Lipinski definition) is 0. The molecular formula is C37H72NO+. The van der Waals surface area contributed by atoms with Crippen molar-refractivity contribution < 1.29 is 10.0 Å². The third kappa shape index (κ3) is 25.8. The highest BCUT2D eigenvalue weighted by Gasteiger charge is 2.08. The van der Waals surface area contributed by atoms with Gasteiger partial charge in [0, 0.05) is 25.0 Å². The van der Waals surface area contributed by atoms with Gasteiger partial charge < -0.3 is 5.48 Å². The largest absolute Gasteiger partial charge is 0.412 e. The molecule has 0 aromatic carbocycles. The molecule has 1 heterocycles. The molecule has 2 nitrogen and oxygen atoms in total. The van der Waals surface area contributed by atoms with Gasteiger partial charge >= 0.3 is 0 Å². The van der Waals surface area contributed by atoms with Gasteiger partial charge in [-0.3, -0.25) is 0 Å². The first-order chi connectivity index (χ1) is 18.9. The molecule has 0 aliphatic carbocycles.